The molecule has 4 heteroatoms. The van der Waals surface area contributed by atoms with E-state index in [1.54, 1.807) is 0 Å². The van der Waals surface area contributed by atoms with Crippen LogP contribution >= 0.6 is 0 Å². The lowest BCUT2D eigenvalue weighted by Crippen LogP contribution is -2.24. The zero-order valence-electron chi connectivity index (χ0n) is 11.0. The molecule has 0 aromatic carbocycles. The van der Waals surface area contributed by atoms with Gasteiger partial charge in [0.25, 0.3) is 0 Å². The molecule has 0 radical (unpaired) electrons. The van der Waals surface area contributed by atoms with Gasteiger partial charge in [-0.2, -0.15) is 0 Å². The van der Waals surface area contributed by atoms with E-state index in [9.17, 15) is 0 Å². The van der Waals surface area contributed by atoms with Crippen molar-refractivity contribution < 1.29 is 18.9 Å². The zero-order valence-corrected chi connectivity index (χ0v) is 11.0. The Labute approximate surface area is 109 Å². The molecule has 1 saturated carbocycles. The van der Waals surface area contributed by atoms with Crippen molar-refractivity contribution in [3.63, 3.8) is 0 Å². The van der Waals surface area contributed by atoms with Crippen LogP contribution in [0.15, 0.2) is 0 Å². The summed E-state index contributed by atoms with van der Waals surface area (Å²) in [5.74, 6) is 0. The van der Waals surface area contributed by atoms with Gasteiger partial charge in [-0.25, -0.2) is 0 Å². The molecular formula is C14H24O4. The lowest BCUT2D eigenvalue weighted by molar-refractivity contribution is -0.0119. The summed E-state index contributed by atoms with van der Waals surface area (Å²) in [6.07, 6.45) is 8.77. The number of ether oxygens (including phenoxy) is 4. The molecule has 4 unspecified atom stereocenters. The van der Waals surface area contributed by atoms with Crippen molar-refractivity contribution in [3.05, 3.63) is 0 Å². The molecule has 3 fully saturated rings. The molecule has 0 aromatic heterocycles. The standard InChI is InChI=1S/C14H24O4/c1-2-4-12(16-8-14-10-18-14)6-5-11(3-1)15-7-13-9-17-13/h11-14H,1-10H2. The molecule has 2 heterocycles. The van der Waals surface area contributed by atoms with Gasteiger partial charge in [-0.1, -0.05) is 12.8 Å². The molecule has 2 saturated heterocycles. The third-order valence-electron chi connectivity index (χ3n) is 3.95. The molecule has 3 rings (SSSR count). The first kappa shape index (κ1) is 12.9. The van der Waals surface area contributed by atoms with Gasteiger partial charge in [0.2, 0.25) is 0 Å². The van der Waals surface area contributed by atoms with E-state index in [1.807, 2.05) is 0 Å². The van der Waals surface area contributed by atoms with Gasteiger partial charge in [-0.05, 0) is 25.7 Å². The van der Waals surface area contributed by atoms with Crippen molar-refractivity contribution >= 4 is 0 Å². The van der Waals surface area contributed by atoms with E-state index in [2.05, 4.69) is 0 Å². The minimum atomic E-state index is 0.384. The number of rotatable bonds is 6. The molecule has 3 aliphatic rings. The Bertz CT molecular complexity index is 224. The highest BCUT2D eigenvalue weighted by Gasteiger charge is 2.27. The SMILES string of the molecule is C1CCC(OCC2CO2)CCC(OCC2CO2)C1. The summed E-state index contributed by atoms with van der Waals surface area (Å²) in [4.78, 5) is 0. The highest BCUT2D eigenvalue weighted by molar-refractivity contribution is 4.74. The molecular weight excluding hydrogens is 232 g/mol. The van der Waals surface area contributed by atoms with E-state index in [1.165, 1.54) is 25.7 Å². The first-order chi connectivity index (χ1) is 8.90. The Morgan fingerprint density at radius 2 is 1.17 bits per heavy atom. The first-order valence-corrected chi connectivity index (χ1v) is 7.36. The highest BCUT2D eigenvalue weighted by Crippen LogP contribution is 2.24. The maximum Gasteiger partial charge on any atom is 0.104 e. The third kappa shape index (κ3) is 4.50. The molecule has 0 N–H and O–H groups in total. The normalized spacial score (nSPS) is 40.0. The molecule has 0 spiro atoms. The van der Waals surface area contributed by atoms with Crippen LogP contribution in [0.3, 0.4) is 0 Å². The minimum absolute atomic E-state index is 0.384. The van der Waals surface area contributed by atoms with E-state index in [0.717, 1.165) is 39.3 Å². The number of hydrogen-bond acceptors (Lipinski definition) is 4. The molecule has 4 nitrogen and oxygen atoms in total. The summed E-state index contributed by atoms with van der Waals surface area (Å²) in [5, 5.41) is 0. The van der Waals surface area contributed by atoms with Crippen LogP contribution in [-0.2, 0) is 18.9 Å². The summed E-state index contributed by atoms with van der Waals surface area (Å²) in [6, 6.07) is 0. The monoisotopic (exact) mass is 256 g/mol. The third-order valence-corrected chi connectivity index (χ3v) is 3.95. The Balaban J connectivity index is 1.35. The summed E-state index contributed by atoms with van der Waals surface area (Å²) in [5.41, 5.74) is 0. The van der Waals surface area contributed by atoms with Gasteiger partial charge in [0.15, 0.2) is 0 Å². The molecule has 104 valence electrons. The van der Waals surface area contributed by atoms with Gasteiger partial charge in [0.05, 0.1) is 38.6 Å². The average Bonchev–Trinajstić information content (AvgIpc) is 3.22. The van der Waals surface area contributed by atoms with Gasteiger partial charge in [-0.15, -0.1) is 0 Å². The fourth-order valence-corrected chi connectivity index (χ4v) is 2.55. The van der Waals surface area contributed by atoms with Gasteiger partial charge < -0.3 is 18.9 Å². The second-order valence-electron chi connectivity index (χ2n) is 5.68. The molecule has 0 aromatic rings. The zero-order chi connectivity index (χ0) is 12.2. The predicted molar refractivity (Wildman–Crippen MR) is 66.7 cm³/mol. The van der Waals surface area contributed by atoms with Gasteiger partial charge >= 0.3 is 0 Å². The second kappa shape index (κ2) is 6.33. The van der Waals surface area contributed by atoms with Crippen LogP contribution < -0.4 is 0 Å². The van der Waals surface area contributed by atoms with Crippen LogP contribution in [-0.4, -0.2) is 50.8 Å². The molecule has 0 amide bonds. The smallest absolute Gasteiger partial charge is 0.104 e. The van der Waals surface area contributed by atoms with Crippen molar-refractivity contribution in [2.75, 3.05) is 26.4 Å². The van der Waals surface area contributed by atoms with Crippen LogP contribution in [0.1, 0.15) is 38.5 Å². The predicted octanol–water partition coefficient (Wildman–Crippen LogP) is 1.91. The van der Waals surface area contributed by atoms with E-state index in [-0.39, 0.29) is 0 Å². The van der Waals surface area contributed by atoms with Gasteiger partial charge in [-0.3, -0.25) is 0 Å². The van der Waals surface area contributed by atoms with Crippen LogP contribution in [0.25, 0.3) is 0 Å². The average molecular weight is 256 g/mol. The fourth-order valence-electron chi connectivity index (χ4n) is 2.55. The topological polar surface area (TPSA) is 43.5 Å². The molecule has 0 bridgehead atoms. The summed E-state index contributed by atoms with van der Waals surface area (Å²) >= 11 is 0. The van der Waals surface area contributed by atoms with Crippen molar-refractivity contribution in [1.82, 2.24) is 0 Å². The van der Waals surface area contributed by atoms with Crippen LogP contribution in [0.4, 0.5) is 0 Å². The van der Waals surface area contributed by atoms with Gasteiger partial charge in [0, 0.05) is 0 Å². The molecule has 1 aliphatic carbocycles. The van der Waals surface area contributed by atoms with E-state index < -0.39 is 0 Å². The van der Waals surface area contributed by atoms with Gasteiger partial charge in [0.1, 0.15) is 12.2 Å². The maximum atomic E-state index is 5.92. The maximum absolute atomic E-state index is 5.92. The van der Waals surface area contributed by atoms with Crippen molar-refractivity contribution in [3.8, 4) is 0 Å². The van der Waals surface area contributed by atoms with Crippen molar-refractivity contribution in [1.29, 1.82) is 0 Å². The minimum Gasteiger partial charge on any atom is -0.375 e. The molecule has 4 atom stereocenters. The fraction of sp³-hybridized carbons (Fsp3) is 1.00. The first-order valence-electron chi connectivity index (χ1n) is 7.36. The summed E-state index contributed by atoms with van der Waals surface area (Å²) in [7, 11) is 0. The van der Waals surface area contributed by atoms with Crippen molar-refractivity contribution in [2.45, 2.75) is 62.9 Å². The summed E-state index contributed by atoms with van der Waals surface area (Å²) in [6.45, 7) is 3.35. The molecule has 2 aliphatic heterocycles. The highest BCUT2D eigenvalue weighted by atomic mass is 16.6. The lowest BCUT2D eigenvalue weighted by Gasteiger charge is -2.25. The van der Waals surface area contributed by atoms with Crippen LogP contribution in [0.5, 0.6) is 0 Å². The Morgan fingerprint density at radius 3 is 1.56 bits per heavy atom. The number of epoxide rings is 2. The Kier molecular flexibility index (Phi) is 4.52. The lowest BCUT2D eigenvalue weighted by atomic mass is 9.96. The quantitative estimate of drug-likeness (QED) is 0.681. The second-order valence-corrected chi connectivity index (χ2v) is 5.68. The summed E-state index contributed by atoms with van der Waals surface area (Å²) < 4.78 is 22.2. The molecule has 18 heavy (non-hydrogen) atoms. The largest absolute Gasteiger partial charge is 0.375 e. The number of hydrogen-bond donors (Lipinski definition) is 0. The van der Waals surface area contributed by atoms with E-state index >= 15 is 0 Å². The van der Waals surface area contributed by atoms with E-state index in [4.69, 9.17) is 18.9 Å². The van der Waals surface area contributed by atoms with Crippen molar-refractivity contribution in [2.24, 2.45) is 0 Å². The van der Waals surface area contributed by atoms with E-state index in [0.29, 0.717) is 24.4 Å². The van der Waals surface area contributed by atoms with Crippen LogP contribution in [0, 0.1) is 0 Å². The Morgan fingerprint density at radius 1 is 0.722 bits per heavy atom. The van der Waals surface area contributed by atoms with Crippen LogP contribution in [0.2, 0.25) is 0 Å². The Hall–Kier alpha value is -0.160.